The zero-order chi connectivity index (χ0) is 20.1. The lowest BCUT2D eigenvalue weighted by Gasteiger charge is -2.15. The number of carbonyl (C=O) groups excluding carboxylic acids is 2. The number of nitrogens with zero attached hydrogens (tertiary/aromatic N) is 2. The Kier molecular flexibility index (Phi) is 5.89. The highest BCUT2D eigenvalue weighted by Gasteiger charge is 2.21. The molecular formula is C22H24N4O2. The Morgan fingerprint density at radius 1 is 0.893 bits per heavy atom. The zero-order valence-corrected chi connectivity index (χ0v) is 16.3. The molecule has 144 valence electrons. The first-order chi connectivity index (χ1) is 13.5. The second-order valence-electron chi connectivity index (χ2n) is 6.78. The number of nitrogens with one attached hydrogen (secondary N) is 2. The summed E-state index contributed by atoms with van der Waals surface area (Å²) in [5.41, 5.74) is 3.95. The molecule has 2 N–H and O–H groups in total. The number of aryl methyl sites for hydroxylation is 2. The van der Waals surface area contributed by atoms with Crippen LogP contribution in [0, 0.1) is 13.8 Å². The van der Waals surface area contributed by atoms with Crippen molar-refractivity contribution < 1.29 is 9.59 Å². The van der Waals surface area contributed by atoms with Crippen molar-refractivity contribution in [2.75, 3.05) is 10.6 Å². The first-order valence-corrected chi connectivity index (χ1v) is 9.27. The van der Waals surface area contributed by atoms with Crippen molar-refractivity contribution in [1.82, 2.24) is 9.78 Å². The van der Waals surface area contributed by atoms with Crippen LogP contribution >= 0.6 is 0 Å². The molecule has 0 aliphatic rings. The molecule has 1 aromatic heterocycles. The molecule has 0 bridgehead atoms. The summed E-state index contributed by atoms with van der Waals surface area (Å²) in [5.74, 6) is -0.476. The Balaban J connectivity index is 1.69. The molecule has 2 amide bonds. The number of hydrogen-bond acceptors (Lipinski definition) is 3. The molecule has 0 fully saturated rings. The van der Waals surface area contributed by atoms with Gasteiger partial charge in [-0.15, -0.1) is 0 Å². The molecule has 1 atom stereocenters. The molecule has 3 aromatic rings. The van der Waals surface area contributed by atoms with Crippen molar-refractivity contribution in [1.29, 1.82) is 0 Å². The van der Waals surface area contributed by atoms with Gasteiger partial charge in [0.15, 0.2) is 5.69 Å². The molecule has 1 unspecified atom stereocenters. The monoisotopic (exact) mass is 376 g/mol. The summed E-state index contributed by atoms with van der Waals surface area (Å²) in [7, 11) is 0. The van der Waals surface area contributed by atoms with Crippen LogP contribution in [0.4, 0.5) is 11.4 Å². The second-order valence-corrected chi connectivity index (χ2v) is 6.78. The smallest absolute Gasteiger partial charge is 0.276 e. The lowest BCUT2D eigenvalue weighted by molar-refractivity contribution is -0.119. The van der Waals surface area contributed by atoms with E-state index in [1.165, 1.54) is 4.68 Å². The molecule has 0 saturated carbocycles. The molecule has 1 heterocycles. The van der Waals surface area contributed by atoms with Gasteiger partial charge in [0.25, 0.3) is 5.91 Å². The fourth-order valence-electron chi connectivity index (χ4n) is 2.82. The number of aromatic nitrogens is 2. The first-order valence-electron chi connectivity index (χ1n) is 9.27. The molecule has 0 radical (unpaired) electrons. The lowest BCUT2D eigenvalue weighted by atomic mass is 10.2. The van der Waals surface area contributed by atoms with Crippen LogP contribution in [0.25, 0.3) is 0 Å². The quantitative estimate of drug-likeness (QED) is 0.672. The Morgan fingerprint density at radius 3 is 1.96 bits per heavy atom. The van der Waals surface area contributed by atoms with Crippen LogP contribution in [0.1, 0.15) is 41.0 Å². The minimum Gasteiger partial charge on any atom is -0.324 e. The Hall–Kier alpha value is -3.41. The number of rotatable bonds is 6. The van der Waals surface area contributed by atoms with Gasteiger partial charge in [0.2, 0.25) is 5.91 Å². The Labute approximate surface area is 164 Å². The fourth-order valence-corrected chi connectivity index (χ4v) is 2.82. The van der Waals surface area contributed by atoms with Crippen molar-refractivity contribution in [3.05, 3.63) is 77.6 Å². The van der Waals surface area contributed by atoms with E-state index in [0.29, 0.717) is 12.1 Å². The first kappa shape index (κ1) is 19.4. The number of carbonyl (C=O) groups is 2. The van der Waals surface area contributed by atoms with Crippen LogP contribution in [0.15, 0.2) is 60.8 Å². The molecule has 6 heteroatoms. The summed E-state index contributed by atoms with van der Waals surface area (Å²) in [4.78, 5) is 25.1. The van der Waals surface area contributed by atoms with Crippen molar-refractivity contribution in [3.63, 3.8) is 0 Å². The van der Waals surface area contributed by atoms with E-state index in [9.17, 15) is 9.59 Å². The number of hydrogen-bond donors (Lipinski definition) is 2. The van der Waals surface area contributed by atoms with E-state index in [1.54, 1.807) is 12.3 Å². The van der Waals surface area contributed by atoms with Gasteiger partial charge in [-0.2, -0.15) is 5.10 Å². The lowest BCUT2D eigenvalue weighted by Crippen LogP contribution is -2.26. The summed E-state index contributed by atoms with van der Waals surface area (Å²) < 4.78 is 1.54. The highest BCUT2D eigenvalue weighted by Crippen LogP contribution is 2.17. The van der Waals surface area contributed by atoms with Crippen molar-refractivity contribution in [2.45, 2.75) is 33.2 Å². The minimum atomic E-state index is -0.498. The van der Waals surface area contributed by atoms with E-state index in [-0.39, 0.29) is 17.5 Å². The Morgan fingerprint density at radius 2 is 1.43 bits per heavy atom. The molecule has 0 saturated heterocycles. The van der Waals surface area contributed by atoms with E-state index >= 15 is 0 Å². The summed E-state index contributed by atoms with van der Waals surface area (Å²) in [6, 6.07) is 16.3. The molecule has 3 rings (SSSR count). The van der Waals surface area contributed by atoms with Gasteiger partial charge in [0.1, 0.15) is 6.04 Å². The third-order valence-corrected chi connectivity index (χ3v) is 4.48. The number of anilines is 2. The average Bonchev–Trinajstić information content (AvgIpc) is 3.16. The van der Waals surface area contributed by atoms with E-state index in [1.807, 2.05) is 69.3 Å². The van der Waals surface area contributed by atoms with Crippen LogP contribution in [0.5, 0.6) is 0 Å². The maximum Gasteiger partial charge on any atom is 0.276 e. The van der Waals surface area contributed by atoms with Gasteiger partial charge in [-0.25, -0.2) is 0 Å². The van der Waals surface area contributed by atoms with E-state index in [0.717, 1.165) is 16.8 Å². The third-order valence-electron chi connectivity index (χ3n) is 4.48. The minimum absolute atomic E-state index is 0.167. The number of amides is 2. The number of benzene rings is 2. The summed E-state index contributed by atoms with van der Waals surface area (Å²) in [6.45, 7) is 5.89. The predicted molar refractivity (Wildman–Crippen MR) is 110 cm³/mol. The average molecular weight is 376 g/mol. The van der Waals surface area contributed by atoms with Crippen LogP contribution in [-0.4, -0.2) is 21.6 Å². The van der Waals surface area contributed by atoms with Crippen molar-refractivity contribution >= 4 is 23.2 Å². The predicted octanol–water partition coefficient (Wildman–Crippen LogP) is 4.34. The molecule has 0 aliphatic carbocycles. The van der Waals surface area contributed by atoms with Gasteiger partial charge < -0.3 is 10.6 Å². The van der Waals surface area contributed by atoms with E-state index in [4.69, 9.17) is 0 Å². The standard InChI is InChI=1S/C22H24N4O2/c1-4-20(22(28)24-18-11-7-16(3)8-12-18)26-14-13-19(25-26)21(27)23-17-9-5-15(2)6-10-17/h5-14,20H,4H2,1-3H3,(H,23,27)(H,24,28). The normalized spacial score (nSPS) is 11.7. The topological polar surface area (TPSA) is 76.0 Å². The maximum absolute atomic E-state index is 12.7. The highest BCUT2D eigenvalue weighted by atomic mass is 16.2. The molecular weight excluding hydrogens is 352 g/mol. The molecule has 28 heavy (non-hydrogen) atoms. The SMILES string of the molecule is CCC(C(=O)Nc1ccc(C)cc1)n1ccc(C(=O)Nc2ccc(C)cc2)n1. The fraction of sp³-hybridized carbons (Fsp3) is 0.227. The van der Waals surface area contributed by atoms with Crippen LogP contribution < -0.4 is 10.6 Å². The third kappa shape index (κ3) is 4.65. The largest absolute Gasteiger partial charge is 0.324 e. The molecule has 6 nitrogen and oxygen atoms in total. The highest BCUT2D eigenvalue weighted by molar-refractivity contribution is 6.02. The van der Waals surface area contributed by atoms with Crippen molar-refractivity contribution in [2.24, 2.45) is 0 Å². The van der Waals surface area contributed by atoms with Gasteiger partial charge in [-0.3, -0.25) is 14.3 Å². The van der Waals surface area contributed by atoms with Gasteiger partial charge >= 0.3 is 0 Å². The summed E-state index contributed by atoms with van der Waals surface area (Å²) in [6.07, 6.45) is 2.21. The summed E-state index contributed by atoms with van der Waals surface area (Å²) in [5, 5.41) is 10.0. The Bertz CT molecular complexity index is 959. The zero-order valence-electron chi connectivity index (χ0n) is 16.3. The van der Waals surface area contributed by atoms with Gasteiger partial charge in [0.05, 0.1) is 0 Å². The van der Waals surface area contributed by atoms with Gasteiger partial charge in [-0.05, 0) is 50.6 Å². The summed E-state index contributed by atoms with van der Waals surface area (Å²) >= 11 is 0. The van der Waals surface area contributed by atoms with Crippen molar-refractivity contribution in [3.8, 4) is 0 Å². The molecule has 0 aliphatic heterocycles. The van der Waals surface area contributed by atoms with Gasteiger partial charge in [0, 0.05) is 17.6 Å². The van der Waals surface area contributed by atoms with E-state index < -0.39 is 6.04 Å². The van der Waals surface area contributed by atoms with Gasteiger partial charge in [-0.1, -0.05) is 42.3 Å². The maximum atomic E-state index is 12.7. The van der Waals surface area contributed by atoms with Crippen LogP contribution in [0.3, 0.4) is 0 Å². The van der Waals surface area contributed by atoms with Crippen LogP contribution in [-0.2, 0) is 4.79 Å². The molecule has 2 aromatic carbocycles. The second kappa shape index (κ2) is 8.52. The van der Waals surface area contributed by atoms with Crippen LogP contribution in [0.2, 0.25) is 0 Å². The molecule has 0 spiro atoms. The van der Waals surface area contributed by atoms with E-state index in [2.05, 4.69) is 15.7 Å².